The van der Waals surface area contributed by atoms with Crippen LogP contribution in [0.25, 0.3) is 0 Å². The minimum absolute atomic E-state index is 0.316. The largest absolute Gasteiger partial charge is 0.373 e. The van der Waals surface area contributed by atoms with E-state index < -0.39 is 0 Å². The molecule has 0 aliphatic carbocycles. The van der Waals surface area contributed by atoms with Gasteiger partial charge in [-0.25, -0.2) is 0 Å². The van der Waals surface area contributed by atoms with Gasteiger partial charge in [0, 0.05) is 12.6 Å². The Morgan fingerprint density at radius 2 is 1.67 bits per heavy atom. The molecule has 3 atom stereocenters. The van der Waals surface area contributed by atoms with Crippen LogP contribution in [0.4, 0.5) is 0 Å². The molecule has 2 heteroatoms. The van der Waals surface area contributed by atoms with Crippen molar-refractivity contribution in [3.63, 3.8) is 0 Å². The molecular weight excluding hydrogens is 258 g/mol. The van der Waals surface area contributed by atoms with Gasteiger partial charge in [-0.1, -0.05) is 67.6 Å². The number of benzene rings is 2. The molecule has 2 nitrogen and oxygen atoms in total. The third-order valence-electron chi connectivity index (χ3n) is 4.30. The molecule has 21 heavy (non-hydrogen) atoms. The second kappa shape index (κ2) is 6.88. The van der Waals surface area contributed by atoms with Gasteiger partial charge in [0.25, 0.3) is 0 Å². The average Bonchev–Trinajstić information content (AvgIpc) is 2.56. The SMILES string of the molecule is C[C@@H]1CN[C@H](c2ccccc2)C[C@@H]1OCc1ccccc1. The molecule has 110 valence electrons. The van der Waals surface area contributed by atoms with E-state index in [0.29, 0.717) is 24.7 Å². The maximum atomic E-state index is 6.19. The molecule has 2 aromatic rings. The Bertz CT molecular complexity index is 540. The summed E-state index contributed by atoms with van der Waals surface area (Å²) < 4.78 is 6.19. The van der Waals surface area contributed by atoms with Gasteiger partial charge in [-0.05, 0) is 23.5 Å². The van der Waals surface area contributed by atoms with Crippen molar-refractivity contribution >= 4 is 0 Å². The Kier molecular flexibility index (Phi) is 4.69. The van der Waals surface area contributed by atoms with Crippen LogP contribution in [0.1, 0.15) is 30.5 Å². The number of piperidine rings is 1. The lowest BCUT2D eigenvalue weighted by atomic mass is 9.89. The molecule has 1 heterocycles. The summed E-state index contributed by atoms with van der Waals surface area (Å²) in [6, 6.07) is 21.5. The van der Waals surface area contributed by atoms with Crippen molar-refractivity contribution in [3.05, 3.63) is 71.8 Å². The standard InChI is InChI=1S/C19H23NO/c1-15-13-20-18(17-10-6-3-7-11-17)12-19(15)21-14-16-8-4-2-5-9-16/h2-11,15,18-20H,12-14H2,1H3/t15-,18+,19+/m1/s1. The quantitative estimate of drug-likeness (QED) is 0.916. The molecule has 3 rings (SSSR count). The number of rotatable bonds is 4. The predicted octanol–water partition coefficient (Wildman–Crippen LogP) is 3.94. The van der Waals surface area contributed by atoms with Gasteiger partial charge in [0.15, 0.2) is 0 Å². The molecule has 1 fully saturated rings. The summed E-state index contributed by atoms with van der Waals surface area (Å²) in [6.07, 6.45) is 1.36. The van der Waals surface area contributed by atoms with Crippen LogP contribution in [-0.4, -0.2) is 12.6 Å². The van der Waals surface area contributed by atoms with Gasteiger partial charge < -0.3 is 10.1 Å². The van der Waals surface area contributed by atoms with Crippen LogP contribution in [0.2, 0.25) is 0 Å². The number of hydrogen-bond acceptors (Lipinski definition) is 2. The van der Waals surface area contributed by atoms with E-state index in [1.54, 1.807) is 0 Å². The zero-order valence-corrected chi connectivity index (χ0v) is 12.5. The van der Waals surface area contributed by atoms with Crippen molar-refractivity contribution in [2.24, 2.45) is 5.92 Å². The van der Waals surface area contributed by atoms with Crippen LogP contribution in [0.5, 0.6) is 0 Å². The summed E-state index contributed by atoms with van der Waals surface area (Å²) in [7, 11) is 0. The molecular formula is C19H23NO. The zero-order chi connectivity index (χ0) is 14.5. The summed E-state index contributed by atoms with van der Waals surface area (Å²) in [5, 5.41) is 3.63. The first-order valence-electron chi connectivity index (χ1n) is 7.77. The third kappa shape index (κ3) is 3.72. The fourth-order valence-corrected chi connectivity index (χ4v) is 2.96. The second-order valence-electron chi connectivity index (χ2n) is 5.92. The smallest absolute Gasteiger partial charge is 0.0720 e. The molecule has 0 unspecified atom stereocenters. The molecule has 0 radical (unpaired) electrons. The molecule has 0 spiro atoms. The van der Waals surface area contributed by atoms with Gasteiger partial charge in [0.1, 0.15) is 0 Å². The van der Waals surface area contributed by atoms with Crippen LogP contribution >= 0.6 is 0 Å². The lowest BCUT2D eigenvalue weighted by molar-refractivity contribution is -0.0207. The van der Waals surface area contributed by atoms with Gasteiger partial charge in [-0.2, -0.15) is 0 Å². The van der Waals surface area contributed by atoms with Crippen molar-refractivity contribution in [2.45, 2.75) is 32.1 Å². The Morgan fingerprint density at radius 1 is 1.00 bits per heavy atom. The molecule has 1 N–H and O–H groups in total. The maximum absolute atomic E-state index is 6.19. The van der Waals surface area contributed by atoms with Crippen LogP contribution < -0.4 is 5.32 Å². The normalized spacial score (nSPS) is 25.7. The van der Waals surface area contributed by atoms with Crippen molar-refractivity contribution in [3.8, 4) is 0 Å². The zero-order valence-electron chi connectivity index (χ0n) is 12.5. The van der Waals surface area contributed by atoms with Gasteiger partial charge in [0.2, 0.25) is 0 Å². The van der Waals surface area contributed by atoms with Gasteiger partial charge in [-0.3, -0.25) is 0 Å². The highest BCUT2D eigenvalue weighted by Crippen LogP contribution is 2.28. The van der Waals surface area contributed by atoms with E-state index in [2.05, 4.69) is 66.8 Å². The second-order valence-corrected chi connectivity index (χ2v) is 5.92. The Hall–Kier alpha value is -1.64. The molecule has 0 saturated carbocycles. The third-order valence-corrected chi connectivity index (χ3v) is 4.30. The molecule has 2 aromatic carbocycles. The minimum Gasteiger partial charge on any atom is -0.373 e. The predicted molar refractivity (Wildman–Crippen MR) is 86.0 cm³/mol. The lowest BCUT2D eigenvalue weighted by Crippen LogP contribution is -2.42. The highest BCUT2D eigenvalue weighted by molar-refractivity contribution is 5.20. The molecule has 0 bridgehead atoms. The summed E-state index contributed by atoms with van der Waals surface area (Å²) in [6.45, 7) is 3.99. The van der Waals surface area contributed by atoms with Crippen molar-refractivity contribution in [2.75, 3.05) is 6.54 Å². The van der Waals surface area contributed by atoms with Crippen LogP contribution in [0.15, 0.2) is 60.7 Å². The first kappa shape index (κ1) is 14.3. The topological polar surface area (TPSA) is 21.3 Å². The molecule has 1 saturated heterocycles. The Morgan fingerprint density at radius 3 is 2.38 bits per heavy atom. The van der Waals surface area contributed by atoms with Gasteiger partial charge in [-0.15, -0.1) is 0 Å². The first-order valence-corrected chi connectivity index (χ1v) is 7.77. The number of ether oxygens (including phenoxy) is 1. The Balaban J connectivity index is 1.61. The fraction of sp³-hybridized carbons (Fsp3) is 0.368. The van der Waals surface area contributed by atoms with Crippen LogP contribution in [-0.2, 0) is 11.3 Å². The van der Waals surface area contributed by atoms with Crippen molar-refractivity contribution in [1.29, 1.82) is 0 Å². The summed E-state index contributed by atoms with van der Waals surface area (Å²) in [5.74, 6) is 0.550. The van der Waals surface area contributed by atoms with Gasteiger partial charge >= 0.3 is 0 Å². The van der Waals surface area contributed by atoms with E-state index in [9.17, 15) is 0 Å². The molecule has 0 amide bonds. The van der Waals surface area contributed by atoms with E-state index >= 15 is 0 Å². The highest BCUT2D eigenvalue weighted by atomic mass is 16.5. The van der Waals surface area contributed by atoms with Crippen molar-refractivity contribution in [1.82, 2.24) is 5.32 Å². The number of hydrogen-bond donors (Lipinski definition) is 1. The van der Waals surface area contributed by atoms with E-state index in [1.165, 1.54) is 11.1 Å². The first-order chi connectivity index (χ1) is 10.3. The van der Waals surface area contributed by atoms with Crippen LogP contribution in [0.3, 0.4) is 0 Å². The number of nitrogens with one attached hydrogen (secondary N) is 1. The summed E-state index contributed by atoms with van der Waals surface area (Å²) in [4.78, 5) is 0. The van der Waals surface area contributed by atoms with Crippen molar-refractivity contribution < 1.29 is 4.74 Å². The van der Waals surface area contributed by atoms with E-state index in [4.69, 9.17) is 4.74 Å². The lowest BCUT2D eigenvalue weighted by Gasteiger charge is -2.35. The minimum atomic E-state index is 0.316. The fourth-order valence-electron chi connectivity index (χ4n) is 2.96. The maximum Gasteiger partial charge on any atom is 0.0720 e. The molecule has 1 aliphatic heterocycles. The monoisotopic (exact) mass is 281 g/mol. The Labute approximate surface area is 127 Å². The van der Waals surface area contributed by atoms with Crippen LogP contribution in [0, 0.1) is 5.92 Å². The summed E-state index contributed by atoms with van der Waals surface area (Å²) >= 11 is 0. The van der Waals surface area contributed by atoms with E-state index in [-0.39, 0.29) is 0 Å². The van der Waals surface area contributed by atoms with E-state index in [0.717, 1.165) is 13.0 Å². The highest BCUT2D eigenvalue weighted by Gasteiger charge is 2.28. The van der Waals surface area contributed by atoms with E-state index in [1.807, 2.05) is 6.07 Å². The summed E-state index contributed by atoms with van der Waals surface area (Å²) in [5.41, 5.74) is 2.61. The molecule has 1 aliphatic rings. The average molecular weight is 281 g/mol. The van der Waals surface area contributed by atoms with Gasteiger partial charge in [0.05, 0.1) is 12.7 Å². The molecule has 0 aromatic heterocycles.